The van der Waals surface area contributed by atoms with Gasteiger partial charge in [-0.25, -0.2) is 0 Å². The molecule has 1 aromatic carbocycles. The second kappa shape index (κ2) is 3.47. The molecule has 2 unspecified atom stereocenters. The predicted octanol–water partition coefficient (Wildman–Crippen LogP) is 1.76. The molecule has 17 heavy (non-hydrogen) atoms. The fourth-order valence-electron chi connectivity index (χ4n) is 2.74. The minimum Gasteiger partial charge on any atom is -0.355 e. The van der Waals surface area contributed by atoms with Crippen molar-refractivity contribution in [2.75, 3.05) is 6.54 Å². The zero-order valence-electron chi connectivity index (χ0n) is 9.50. The van der Waals surface area contributed by atoms with E-state index in [1.807, 2.05) is 18.2 Å². The van der Waals surface area contributed by atoms with Crippen molar-refractivity contribution in [3.63, 3.8) is 0 Å². The fraction of sp³-hybridized carbons (Fsp3) is 0.462. The molecule has 4 heteroatoms. The third-order valence-corrected chi connectivity index (χ3v) is 3.76. The van der Waals surface area contributed by atoms with Crippen molar-refractivity contribution in [1.82, 2.24) is 4.90 Å². The summed E-state index contributed by atoms with van der Waals surface area (Å²) in [7, 11) is 0. The van der Waals surface area contributed by atoms with Crippen LogP contribution in [0.3, 0.4) is 0 Å². The molecule has 1 aromatic rings. The molecule has 0 N–H and O–H groups in total. The summed E-state index contributed by atoms with van der Waals surface area (Å²) in [6.07, 6.45) is 3.83. The van der Waals surface area contributed by atoms with E-state index in [0.717, 1.165) is 37.4 Å². The van der Waals surface area contributed by atoms with Crippen LogP contribution in [-0.2, 0) is 11.2 Å². The highest BCUT2D eigenvalue weighted by Crippen LogP contribution is 2.34. The van der Waals surface area contributed by atoms with E-state index in [9.17, 15) is 0 Å². The first-order chi connectivity index (χ1) is 8.40. The van der Waals surface area contributed by atoms with Crippen molar-refractivity contribution in [2.45, 2.75) is 31.6 Å². The summed E-state index contributed by atoms with van der Waals surface area (Å²) < 4.78 is 5.72. The highest BCUT2D eigenvalue weighted by Gasteiger charge is 2.41. The monoisotopic (exact) mass is 230 g/mol. The van der Waals surface area contributed by atoms with E-state index < -0.39 is 0 Å². The third-order valence-electron chi connectivity index (χ3n) is 3.76. The number of para-hydroxylation sites is 1. The van der Waals surface area contributed by atoms with E-state index >= 15 is 0 Å². The Labute approximate surface area is 99.8 Å². The van der Waals surface area contributed by atoms with Crippen molar-refractivity contribution in [2.24, 2.45) is 5.16 Å². The molecule has 2 atom stereocenters. The Morgan fingerprint density at radius 3 is 3.00 bits per heavy atom. The number of benzene rings is 1. The van der Waals surface area contributed by atoms with Gasteiger partial charge in [0.15, 0.2) is 11.6 Å². The van der Waals surface area contributed by atoms with E-state index in [-0.39, 0.29) is 6.23 Å². The summed E-state index contributed by atoms with van der Waals surface area (Å²) in [5.41, 5.74) is 1.21. The summed E-state index contributed by atoms with van der Waals surface area (Å²) >= 11 is 0. The minimum absolute atomic E-state index is 0.237. The molecule has 0 aromatic heterocycles. The second-order valence-electron chi connectivity index (χ2n) is 4.81. The SMILES string of the molecule is c1ccc2c(c1)CC(N1CCC3CC1O3)=NO2. The van der Waals surface area contributed by atoms with Gasteiger partial charge in [-0.3, -0.25) is 0 Å². The van der Waals surface area contributed by atoms with Crippen LogP contribution in [0.5, 0.6) is 5.75 Å². The van der Waals surface area contributed by atoms with Crippen LogP contribution in [0.2, 0.25) is 0 Å². The number of rotatable bonds is 0. The van der Waals surface area contributed by atoms with Gasteiger partial charge in [-0.2, -0.15) is 0 Å². The lowest BCUT2D eigenvalue weighted by atomic mass is 9.98. The third kappa shape index (κ3) is 1.44. The Morgan fingerprint density at radius 2 is 2.18 bits per heavy atom. The van der Waals surface area contributed by atoms with Gasteiger partial charge in [0.05, 0.1) is 6.10 Å². The molecular formula is C13H14N2O2. The maximum absolute atomic E-state index is 5.72. The van der Waals surface area contributed by atoms with E-state index in [1.54, 1.807) is 0 Å². The van der Waals surface area contributed by atoms with Crippen LogP contribution in [0.1, 0.15) is 18.4 Å². The maximum atomic E-state index is 5.72. The highest BCUT2D eigenvalue weighted by atomic mass is 16.6. The van der Waals surface area contributed by atoms with Crippen molar-refractivity contribution < 1.29 is 9.57 Å². The molecule has 0 radical (unpaired) electrons. The Morgan fingerprint density at radius 1 is 1.29 bits per heavy atom. The number of piperidine rings is 1. The number of fused-ring (bicyclic) bond motifs is 3. The summed E-state index contributed by atoms with van der Waals surface area (Å²) in [6, 6.07) is 8.07. The van der Waals surface area contributed by atoms with E-state index in [4.69, 9.17) is 9.57 Å². The van der Waals surface area contributed by atoms with Crippen LogP contribution >= 0.6 is 0 Å². The Balaban J connectivity index is 1.58. The van der Waals surface area contributed by atoms with Gasteiger partial charge >= 0.3 is 0 Å². The fourth-order valence-corrected chi connectivity index (χ4v) is 2.74. The highest BCUT2D eigenvalue weighted by molar-refractivity contribution is 5.86. The van der Waals surface area contributed by atoms with Gasteiger partial charge in [-0.05, 0) is 12.5 Å². The molecule has 5 rings (SSSR count). The number of ether oxygens (including phenoxy) is 1. The molecule has 0 saturated carbocycles. The molecular weight excluding hydrogens is 216 g/mol. The Bertz CT molecular complexity index is 477. The molecule has 2 bridgehead atoms. The average molecular weight is 230 g/mol. The van der Waals surface area contributed by atoms with Gasteiger partial charge < -0.3 is 14.5 Å². The molecule has 4 aliphatic heterocycles. The number of amidine groups is 1. The molecule has 4 aliphatic rings. The summed E-state index contributed by atoms with van der Waals surface area (Å²) in [6.45, 7) is 1.04. The largest absolute Gasteiger partial charge is 0.355 e. The van der Waals surface area contributed by atoms with Crippen molar-refractivity contribution >= 4 is 5.84 Å². The number of hydrogen-bond acceptors (Lipinski definition) is 4. The topological polar surface area (TPSA) is 34.1 Å². The van der Waals surface area contributed by atoms with Crippen LogP contribution in [-0.4, -0.2) is 29.6 Å². The minimum atomic E-state index is 0.237. The molecule has 3 fully saturated rings. The zero-order valence-corrected chi connectivity index (χ0v) is 9.50. The Hall–Kier alpha value is -1.55. The van der Waals surface area contributed by atoms with E-state index in [0.29, 0.717) is 6.10 Å². The van der Waals surface area contributed by atoms with Crippen LogP contribution in [0, 0.1) is 0 Å². The number of oxime groups is 1. The van der Waals surface area contributed by atoms with Crippen molar-refractivity contribution in [3.8, 4) is 5.75 Å². The van der Waals surface area contributed by atoms with Crippen molar-refractivity contribution in [3.05, 3.63) is 29.8 Å². The Kier molecular flexibility index (Phi) is 1.93. The zero-order chi connectivity index (χ0) is 11.2. The van der Waals surface area contributed by atoms with E-state index in [2.05, 4.69) is 16.1 Å². The summed E-state index contributed by atoms with van der Waals surface area (Å²) in [5.74, 6) is 1.88. The lowest BCUT2D eigenvalue weighted by Crippen LogP contribution is -2.58. The smallest absolute Gasteiger partial charge is 0.161 e. The molecule has 0 aliphatic carbocycles. The van der Waals surface area contributed by atoms with Gasteiger partial charge in [0.2, 0.25) is 0 Å². The number of nitrogens with zero attached hydrogens (tertiary/aromatic N) is 2. The average Bonchev–Trinajstić information content (AvgIpc) is 2.37. The lowest BCUT2D eigenvalue weighted by molar-refractivity contribution is -0.212. The van der Waals surface area contributed by atoms with Crippen molar-refractivity contribution in [1.29, 1.82) is 0 Å². The first-order valence-electron chi connectivity index (χ1n) is 6.14. The van der Waals surface area contributed by atoms with Crippen LogP contribution < -0.4 is 4.84 Å². The second-order valence-corrected chi connectivity index (χ2v) is 4.81. The van der Waals surface area contributed by atoms with Gasteiger partial charge in [-0.1, -0.05) is 23.4 Å². The quantitative estimate of drug-likeness (QED) is 0.681. The van der Waals surface area contributed by atoms with Gasteiger partial charge in [0, 0.05) is 24.9 Å². The maximum Gasteiger partial charge on any atom is 0.161 e. The molecule has 4 nitrogen and oxygen atoms in total. The standard InChI is InChI=1S/C13H14N2O2/c1-2-4-11-9(3-1)7-12(14-17-11)15-6-5-10-8-13(15)16-10/h1-4,10,13H,5-8H2. The summed E-state index contributed by atoms with van der Waals surface area (Å²) in [4.78, 5) is 7.69. The van der Waals surface area contributed by atoms with Crippen LogP contribution in [0.25, 0.3) is 0 Å². The molecule has 0 amide bonds. The van der Waals surface area contributed by atoms with Gasteiger partial charge in [-0.15, -0.1) is 0 Å². The van der Waals surface area contributed by atoms with Crippen LogP contribution in [0.4, 0.5) is 0 Å². The van der Waals surface area contributed by atoms with Gasteiger partial charge in [0.25, 0.3) is 0 Å². The molecule has 88 valence electrons. The normalized spacial score (nSPS) is 29.9. The van der Waals surface area contributed by atoms with Crippen LogP contribution in [0.15, 0.2) is 29.4 Å². The molecule has 3 saturated heterocycles. The van der Waals surface area contributed by atoms with Gasteiger partial charge in [0.1, 0.15) is 6.23 Å². The first kappa shape index (κ1) is 9.48. The van der Waals surface area contributed by atoms with E-state index in [1.165, 1.54) is 5.56 Å². The summed E-state index contributed by atoms with van der Waals surface area (Å²) in [5, 5.41) is 4.23. The number of hydrogen-bond donors (Lipinski definition) is 0. The molecule has 4 heterocycles. The first-order valence-corrected chi connectivity index (χ1v) is 6.14. The lowest BCUT2D eigenvalue weighted by Gasteiger charge is -2.50. The predicted molar refractivity (Wildman–Crippen MR) is 62.8 cm³/mol. The molecule has 0 spiro atoms.